The minimum Gasteiger partial charge on any atom is -0.468 e. The average molecular weight is 337 g/mol. The van der Waals surface area contributed by atoms with Crippen LogP contribution in [0.1, 0.15) is 12.0 Å². The zero-order chi connectivity index (χ0) is 17.4. The van der Waals surface area contributed by atoms with Gasteiger partial charge in [-0.2, -0.15) is 4.98 Å². The fourth-order valence-electron chi connectivity index (χ4n) is 3.51. The van der Waals surface area contributed by atoms with E-state index in [1.54, 1.807) is 12.5 Å². The van der Waals surface area contributed by atoms with Gasteiger partial charge in [0.05, 0.1) is 19.6 Å². The Morgan fingerprint density at radius 3 is 2.80 bits per heavy atom. The van der Waals surface area contributed by atoms with Crippen LogP contribution in [0.15, 0.2) is 42.9 Å². The van der Waals surface area contributed by atoms with Crippen LogP contribution in [0.5, 0.6) is 0 Å². The first-order valence-electron chi connectivity index (χ1n) is 8.17. The molecule has 25 heavy (non-hydrogen) atoms. The van der Waals surface area contributed by atoms with Gasteiger partial charge in [-0.25, -0.2) is 9.97 Å². The van der Waals surface area contributed by atoms with E-state index in [9.17, 15) is 4.79 Å². The first-order valence-corrected chi connectivity index (χ1v) is 8.17. The van der Waals surface area contributed by atoms with Crippen molar-refractivity contribution >= 4 is 23.1 Å². The molecule has 1 fully saturated rings. The number of rotatable bonds is 3. The Labute approximate surface area is 145 Å². The van der Waals surface area contributed by atoms with Crippen molar-refractivity contribution in [3.63, 3.8) is 0 Å². The number of nitrogens with zero attached hydrogens (tertiary/aromatic N) is 5. The Hall–Kier alpha value is -2.96. The first kappa shape index (κ1) is 15.6. The highest BCUT2D eigenvalue weighted by Crippen LogP contribution is 2.37. The van der Waals surface area contributed by atoms with Gasteiger partial charge in [0.1, 0.15) is 10.9 Å². The lowest BCUT2D eigenvalue weighted by atomic mass is 9.80. The van der Waals surface area contributed by atoms with Crippen LogP contribution in [0.4, 0.5) is 5.95 Å². The van der Waals surface area contributed by atoms with Crippen LogP contribution in [0, 0.1) is 0 Å². The van der Waals surface area contributed by atoms with Crippen LogP contribution in [-0.4, -0.2) is 45.7 Å². The van der Waals surface area contributed by atoms with E-state index >= 15 is 0 Å². The number of hydrogen-bond acceptors (Lipinski definition) is 6. The molecular weight excluding hydrogens is 318 g/mol. The highest BCUT2D eigenvalue weighted by molar-refractivity contribution is 5.85. The molecule has 0 aliphatic carbocycles. The topological polar surface area (TPSA) is 73.1 Å². The van der Waals surface area contributed by atoms with E-state index in [-0.39, 0.29) is 5.97 Å². The summed E-state index contributed by atoms with van der Waals surface area (Å²) < 4.78 is 7.01. The van der Waals surface area contributed by atoms with Gasteiger partial charge in [0.15, 0.2) is 5.65 Å². The smallest absolute Gasteiger partial charge is 0.318 e. The van der Waals surface area contributed by atoms with Crippen LogP contribution < -0.4 is 4.90 Å². The molecule has 0 radical (unpaired) electrons. The number of carbonyl (C=O) groups excluding carboxylic acids is 1. The van der Waals surface area contributed by atoms with E-state index in [4.69, 9.17) is 4.74 Å². The highest BCUT2D eigenvalue weighted by Gasteiger charge is 2.47. The van der Waals surface area contributed by atoms with Crippen molar-refractivity contribution < 1.29 is 9.53 Å². The molecule has 1 aromatic carbocycles. The van der Waals surface area contributed by atoms with E-state index in [1.807, 2.05) is 46.8 Å². The van der Waals surface area contributed by atoms with Crippen LogP contribution >= 0.6 is 0 Å². The fourth-order valence-corrected chi connectivity index (χ4v) is 3.51. The molecule has 0 bridgehead atoms. The number of methoxy groups -OCH3 is 1. The van der Waals surface area contributed by atoms with Crippen LogP contribution in [0.3, 0.4) is 0 Å². The minimum absolute atomic E-state index is 0.222. The van der Waals surface area contributed by atoms with E-state index in [2.05, 4.69) is 15.0 Å². The van der Waals surface area contributed by atoms with Gasteiger partial charge in [0.2, 0.25) is 5.95 Å². The number of aromatic nitrogens is 4. The second kappa shape index (κ2) is 5.84. The number of anilines is 1. The second-order valence-corrected chi connectivity index (χ2v) is 6.35. The van der Waals surface area contributed by atoms with Crippen LogP contribution in [-0.2, 0) is 22.0 Å². The zero-order valence-electron chi connectivity index (χ0n) is 14.2. The van der Waals surface area contributed by atoms with Gasteiger partial charge in [0.25, 0.3) is 0 Å². The number of fused-ring (bicyclic) bond motifs is 1. The van der Waals surface area contributed by atoms with Crippen molar-refractivity contribution in [2.24, 2.45) is 7.05 Å². The molecule has 0 amide bonds. The summed E-state index contributed by atoms with van der Waals surface area (Å²) in [7, 11) is 3.35. The summed E-state index contributed by atoms with van der Waals surface area (Å²) >= 11 is 0. The maximum absolute atomic E-state index is 12.6. The van der Waals surface area contributed by atoms with Gasteiger partial charge < -0.3 is 14.2 Å². The molecule has 2 aromatic heterocycles. The maximum atomic E-state index is 12.6. The lowest BCUT2D eigenvalue weighted by molar-refractivity contribution is -0.146. The van der Waals surface area contributed by atoms with E-state index in [1.165, 1.54) is 7.11 Å². The third-order valence-electron chi connectivity index (χ3n) is 4.93. The van der Waals surface area contributed by atoms with Gasteiger partial charge in [-0.05, 0) is 12.0 Å². The van der Waals surface area contributed by atoms with E-state index < -0.39 is 5.41 Å². The number of benzene rings is 1. The molecule has 7 heteroatoms. The molecule has 128 valence electrons. The van der Waals surface area contributed by atoms with Crippen molar-refractivity contribution in [2.75, 3.05) is 25.1 Å². The largest absolute Gasteiger partial charge is 0.468 e. The normalized spacial score (nSPS) is 20.2. The molecule has 1 saturated heterocycles. The summed E-state index contributed by atoms with van der Waals surface area (Å²) in [4.78, 5) is 28.0. The molecule has 4 rings (SSSR count). The summed E-state index contributed by atoms with van der Waals surface area (Å²) in [5.41, 5.74) is 1.80. The highest BCUT2D eigenvalue weighted by atomic mass is 16.5. The molecule has 0 saturated carbocycles. The van der Waals surface area contributed by atoms with Gasteiger partial charge in [-0.3, -0.25) is 4.79 Å². The van der Waals surface area contributed by atoms with E-state index in [0.717, 1.165) is 11.1 Å². The molecule has 1 atom stereocenters. The zero-order valence-corrected chi connectivity index (χ0v) is 14.2. The molecule has 3 heterocycles. The molecule has 0 spiro atoms. The molecule has 7 nitrogen and oxygen atoms in total. The van der Waals surface area contributed by atoms with Gasteiger partial charge in [-0.15, -0.1) is 0 Å². The third-order valence-corrected chi connectivity index (χ3v) is 4.93. The number of aryl methyl sites for hydroxylation is 1. The number of hydrogen-bond donors (Lipinski definition) is 0. The molecule has 3 aromatic rings. The third kappa shape index (κ3) is 2.43. The Bertz CT molecular complexity index is 924. The summed E-state index contributed by atoms with van der Waals surface area (Å²) in [6.07, 6.45) is 4.15. The molecule has 1 aliphatic rings. The Balaban J connectivity index is 1.70. The lowest BCUT2D eigenvalue weighted by Crippen LogP contribution is -2.40. The lowest BCUT2D eigenvalue weighted by Gasteiger charge is -2.27. The quantitative estimate of drug-likeness (QED) is 0.677. The SMILES string of the molecule is COC(=O)C1(c2ccccc2)CCN(c2ncc3c(ncn3C)n2)C1. The maximum Gasteiger partial charge on any atom is 0.318 e. The average Bonchev–Trinajstić information content (AvgIpc) is 3.27. The van der Waals surface area contributed by atoms with Crippen molar-refractivity contribution in [3.8, 4) is 0 Å². The predicted octanol–water partition coefficient (Wildman–Crippen LogP) is 1.68. The van der Waals surface area contributed by atoms with Gasteiger partial charge in [0, 0.05) is 20.1 Å². The summed E-state index contributed by atoms with van der Waals surface area (Å²) in [6, 6.07) is 9.78. The minimum atomic E-state index is -0.696. The number of ether oxygens (including phenoxy) is 1. The Morgan fingerprint density at radius 2 is 2.04 bits per heavy atom. The number of esters is 1. The molecular formula is C18H19N5O2. The fraction of sp³-hybridized carbons (Fsp3) is 0.333. The van der Waals surface area contributed by atoms with Crippen molar-refractivity contribution in [1.29, 1.82) is 0 Å². The monoisotopic (exact) mass is 337 g/mol. The Morgan fingerprint density at radius 1 is 1.24 bits per heavy atom. The summed E-state index contributed by atoms with van der Waals surface area (Å²) in [5, 5.41) is 0. The van der Waals surface area contributed by atoms with Gasteiger partial charge in [-0.1, -0.05) is 30.3 Å². The van der Waals surface area contributed by atoms with E-state index in [0.29, 0.717) is 31.1 Å². The Kier molecular flexibility index (Phi) is 3.63. The first-order chi connectivity index (χ1) is 12.1. The van der Waals surface area contributed by atoms with Crippen molar-refractivity contribution in [2.45, 2.75) is 11.8 Å². The summed E-state index contributed by atoms with van der Waals surface area (Å²) in [6.45, 7) is 1.17. The predicted molar refractivity (Wildman–Crippen MR) is 93.3 cm³/mol. The molecule has 1 unspecified atom stereocenters. The van der Waals surface area contributed by atoms with Crippen LogP contribution in [0.25, 0.3) is 11.2 Å². The van der Waals surface area contributed by atoms with Crippen molar-refractivity contribution in [1.82, 2.24) is 19.5 Å². The van der Waals surface area contributed by atoms with Gasteiger partial charge >= 0.3 is 5.97 Å². The van der Waals surface area contributed by atoms with Crippen molar-refractivity contribution in [3.05, 3.63) is 48.4 Å². The summed E-state index contributed by atoms with van der Waals surface area (Å²) in [5.74, 6) is 0.369. The molecule has 1 aliphatic heterocycles. The standard InChI is InChI=1S/C18H19N5O2/c1-22-12-20-15-14(22)10-19-17(21-15)23-9-8-18(11-23,16(24)25-2)13-6-4-3-5-7-13/h3-7,10,12H,8-9,11H2,1-2H3. The number of carbonyl (C=O) groups is 1. The molecule has 0 N–H and O–H groups in total. The van der Waals surface area contributed by atoms with Crippen LogP contribution in [0.2, 0.25) is 0 Å². The number of imidazole rings is 1. The second-order valence-electron chi connectivity index (χ2n) is 6.35.